The fourth-order valence-corrected chi connectivity index (χ4v) is 3.28. The molecule has 3 nitrogen and oxygen atoms in total. The van der Waals surface area contributed by atoms with Gasteiger partial charge in [-0.15, -0.1) is 0 Å². The van der Waals surface area contributed by atoms with E-state index in [0.717, 1.165) is 18.4 Å². The lowest BCUT2D eigenvalue weighted by molar-refractivity contribution is 0.284. The van der Waals surface area contributed by atoms with Crippen molar-refractivity contribution in [2.75, 3.05) is 19.7 Å². The average Bonchev–Trinajstić information content (AvgIpc) is 3.02. The number of benzene rings is 1. The van der Waals surface area contributed by atoms with Crippen LogP contribution in [0.25, 0.3) is 0 Å². The van der Waals surface area contributed by atoms with E-state index >= 15 is 0 Å². The summed E-state index contributed by atoms with van der Waals surface area (Å²) in [6.07, 6.45) is 4.12. The minimum absolute atomic E-state index is 0.394. The highest BCUT2D eigenvalue weighted by Gasteiger charge is 2.36. The molecule has 3 heteroatoms. The van der Waals surface area contributed by atoms with E-state index in [0.29, 0.717) is 12.1 Å². The lowest BCUT2D eigenvalue weighted by Crippen LogP contribution is -2.36. The Labute approximate surface area is 108 Å². The minimum atomic E-state index is 0.394. The number of nitrogens with zero attached hydrogens (tertiary/aromatic N) is 1. The molecule has 0 bridgehead atoms. The summed E-state index contributed by atoms with van der Waals surface area (Å²) in [7, 11) is 0. The molecule has 0 aromatic heterocycles. The Bertz CT molecular complexity index is 444. The predicted molar refractivity (Wildman–Crippen MR) is 70.8 cm³/mol. The van der Waals surface area contributed by atoms with E-state index in [9.17, 15) is 0 Å². The molecule has 1 N–H and O–H groups in total. The molecule has 1 aliphatic carbocycles. The number of para-hydroxylation sites is 1. The number of nitrogens with one attached hydrogen (secondary N) is 1. The van der Waals surface area contributed by atoms with Crippen LogP contribution in [0.4, 0.5) is 0 Å². The van der Waals surface area contributed by atoms with Gasteiger partial charge < -0.3 is 10.1 Å². The monoisotopic (exact) mass is 244 g/mol. The number of hydrogen-bond acceptors (Lipinski definition) is 3. The Hall–Kier alpha value is -1.06. The van der Waals surface area contributed by atoms with Crippen LogP contribution in [0.2, 0.25) is 0 Å². The van der Waals surface area contributed by atoms with Crippen LogP contribution >= 0.6 is 0 Å². The summed E-state index contributed by atoms with van der Waals surface area (Å²) in [6, 6.07) is 10.4. The molecule has 2 aliphatic heterocycles. The van der Waals surface area contributed by atoms with E-state index < -0.39 is 0 Å². The second kappa shape index (κ2) is 4.25. The van der Waals surface area contributed by atoms with E-state index in [2.05, 4.69) is 28.4 Å². The van der Waals surface area contributed by atoms with Crippen molar-refractivity contribution in [2.45, 2.75) is 37.4 Å². The molecule has 0 radical (unpaired) electrons. The van der Waals surface area contributed by atoms with Crippen molar-refractivity contribution in [3.05, 3.63) is 29.8 Å². The van der Waals surface area contributed by atoms with Crippen LogP contribution in [-0.2, 0) is 0 Å². The highest BCUT2D eigenvalue weighted by molar-refractivity contribution is 5.39. The van der Waals surface area contributed by atoms with Crippen molar-refractivity contribution in [3.8, 4) is 5.75 Å². The summed E-state index contributed by atoms with van der Waals surface area (Å²) in [5, 5.41) is 3.78. The lowest BCUT2D eigenvalue weighted by atomic mass is 10.1. The smallest absolute Gasteiger partial charge is 0.124 e. The Balaban J connectivity index is 1.41. The van der Waals surface area contributed by atoms with Crippen molar-refractivity contribution in [3.63, 3.8) is 0 Å². The molecule has 2 heterocycles. The first-order chi connectivity index (χ1) is 8.90. The second-order valence-electron chi connectivity index (χ2n) is 5.78. The third kappa shape index (κ3) is 1.91. The van der Waals surface area contributed by atoms with Crippen molar-refractivity contribution in [1.29, 1.82) is 0 Å². The van der Waals surface area contributed by atoms with Gasteiger partial charge in [-0.3, -0.25) is 4.90 Å². The van der Waals surface area contributed by atoms with E-state index in [1.54, 1.807) is 0 Å². The molecule has 2 atom stereocenters. The molecule has 18 heavy (non-hydrogen) atoms. The van der Waals surface area contributed by atoms with E-state index in [1.807, 2.05) is 6.07 Å². The molecule has 2 fully saturated rings. The first-order valence-electron chi connectivity index (χ1n) is 7.12. The van der Waals surface area contributed by atoms with Gasteiger partial charge in [-0.25, -0.2) is 0 Å². The molecular formula is C15H20N2O. The number of ether oxygens (including phenoxy) is 1. The van der Waals surface area contributed by atoms with Gasteiger partial charge in [0.05, 0.1) is 6.04 Å². The number of fused-ring (bicyclic) bond motifs is 1. The SMILES string of the molecule is c1ccc2c(c1)OCC2NC1CCN(C2CC2)C1. The van der Waals surface area contributed by atoms with Gasteiger partial charge in [-0.2, -0.15) is 0 Å². The Morgan fingerprint density at radius 3 is 2.94 bits per heavy atom. The fourth-order valence-electron chi connectivity index (χ4n) is 3.28. The maximum Gasteiger partial charge on any atom is 0.124 e. The standard InChI is InChI=1S/C15H20N2O/c1-2-4-15-13(3-1)14(10-18-15)16-11-7-8-17(9-11)12-5-6-12/h1-4,11-12,14,16H,5-10H2. The molecule has 2 unspecified atom stereocenters. The van der Waals surface area contributed by atoms with Crippen molar-refractivity contribution in [2.24, 2.45) is 0 Å². The third-order valence-electron chi connectivity index (χ3n) is 4.42. The lowest BCUT2D eigenvalue weighted by Gasteiger charge is -2.19. The van der Waals surface area contributed by atoms with Crippen molar-refractivity contribution >= 4 is 0 Å². The first kappa shape index (κ1) is 10.8. The highest BCUT2D eigenvalue weighted by atomic mass is 16.5. The summed E-state index contributed by atoms with van der Waals surface area (Å²) in [4.78, 5) is 2.65. The molecule has 0 spiro atoms. The molecule has 3 aliphatic rings. The van der Waals surface area contributed by atoms with Crippen LogP contribution in [0.1, 0.15) is 30.9 Å². The van der Waals surface area contributed by atoms with Crippen LogP contribution in [0.3, 0.4) is 0 Å². The maximum absolute atomic E-state index is 5.73. The summed E-state index contributed by atoms with van der Waals surface area (Å²) in [5.41, 5.74) is 1.34. The van der Waals surface area contributed by atoms with Gasteiger partial charge in [0.2, 0.25) is 0 Å². The first-order valence-corrected chi connectivity index (χ1v) is 7.12. The van der Waals surface area contributed by atoms with Gasteiger partial charge >= 0.3 is 0 Å². The van der Waals surface area contributed by atoms with E-state index in [4.69, 9.17) is 4.74 Å². The Morgan fingerprint density at radius 1 is 1.17 bits per heavy atom. The van der Waals surface area contributed by atoms with Crippen molar-refractivity contribution < 1.29 is 4.74 Å². The number of hydrogen-bond donors (Lipinski definition) is 1. The Morgan fingerprint density at radius 2 is 2.06 bits per heavy atom. The van der Waals surface area contributed by atoms with Crippen LogP contribution in [0.5, 0.6) is 5.75 Å². The van der Waals surface area contributed by atoms with Crippen LogP contribution in [0.15, 0.2) is 24.3 Å². The van der Waals surface area contributed by atoms with Gasteiger partial charge in [-0.1, -0.05) is 18.2 Å². The zero-order valence-corrected chi connectivity index (χ0v) is 10.6. The van der Waals surface area contributed by atoms with Gasteiger partial charge in [0.25, 0.3) is 0 Å². The normalized spacial score (nSPS) is 31.3. The van der Waals surface area contributed by atoms with Crippen LogP contribution in [-0.4, -0.2) is 36.7 Å². The van der Waals surface area contributed by atoms with E-state index in [1.165, 1.54) is 37.9 Å². The zero-order chi connectivity index (χ0) is 11.9. The fraction of sp³-hybridized carbons (Fsp3) is 0.600. The third-order valence-corrected chi connectivity index (χ3v) is 4.42. The summed E-state index contributed by atoms with van der Waals surface area (Å²) in [6.45, 7) is 3.29. The molecule has 1 aromatic carbocycles. The number of rotatable bonds is 3. The molecule has 1 saturated carbocycles. The molecule has 4 rings (SSSR count). The quantitative estimate of drug-likeness (QED) is 0.879. The molecule has 96 valence electrons. The largest absolute Gasteiger partial charge is 0.491 e. The summed E-state index contributed by atoms with van der Waals surface area (Å²) >= 11 is 0. The summed E-state index contributed by atoms with van der Waals surface area (Å²) in [5.74, 6) is 1.06. The van der Waals surface area contributed by atoms with Gasteiger partial charge in [0, 0.05) is 30.7 Å². The zero-order valence-electron chi connectivity index (χ0n) is 10.6. The van der Waals surface area contributed by atoms with Crippen LogP contribution < -0.4 is 10.1 Å². The summed E-state index contributed by atoms with van der Waals surface area (Å²) < 4.78 is 5.73. The molecule has 1 aromatic rings. The van der Waals surface area contributed by atoms with Crippen LogP contribution in [0, 0.1) is 0 Å². The topological polar surface area (TPSA) is 24.5 Å². The van der Waals surface area contributed by atoms with E-state index in [-0.39, 0.29) is 0 Å². The van der Waals surface area contributed by atoms with Crippen molar-refractivity contribution in [1.82, 2.24) is 10.2 Å². The minimum Gasteiger partial charge on any atom is -0.491 e. The molecule has 0 amide bonds. The second-order valence-corrected chi connectivity index (χ2v) is 5.78. The van der Waals surface area contributed by atoms with Gasteiger partial charge in [-0.05, 0) is 25.3 Å². The van der Waals surface area contributed by atoms with Gasteiger partial charge in [0.15, 0.2) is 0 Å². The molecular weight excluding hydrogens is 224 g/mol. The average molecular weight is 244 g/mol. The Kier molecular flexibility index (Phi) is 2.55. The van der Waals surface area contributed by atoms with Gasteiger partial charge in [0.1, 0.15) is 12.4 Å². The number of likely N-dealkylation sites (tertiary alicyclic amines) is 1. The highest BCUT2D eigenvalue weighted by Crippen LogP contribution is 2.34. The molecule has 1 saturated heterocycles. The predicted octanol–water partition coefficient (Wildman–Crippen LogP) is 1.95. The maximum atomic E-state index is 5.73.